The Labute approximate surface area is 218 Å². The first-order chi connectivity index (χ1) is 17.9. The zero-order chi connectivity index (χ0) is 26.3. The molecule has 1 atom stereocenters. The number of anilines is 1. The van der Waals surface area contributed by atoms with Crippen LogP contribution in [0.2, 0.25) is 0 Å². The molecule has 37 heavy (non-hydrogen) atoms. The Morgan fingerprint density at radius 1 is 0.838 bits per heavy atom. The summed E-state index contributed by atoms with van der Waals surface area (Å²) < 4.78 is 34.3. The molecular formula is C30H30N2O4S. The first-order valence-electron chi connectivity index (χ1n) is 12.1. The van der Waals surface area contributed by atoms with Gasteiger partial charge in [0.25, 0.3) is 15.9 Å². The molecule has 7 heteroatoms. The number of ether oxygens (including phenoxy) is 1. The van der Waals surface area contributed by atoms with Gasteiger partial charge in [0.15, 0.2) is 0 Å². The zero-order valence-corrected chi connectivity index (χ0v) is 21.7. The highest BCUT2D eigenvalue weighted by molar-refractivity contribution is 7.92. The van der Waals surface area contributed by atoms with E-state index in [-0.39, 0.29) is 29.0 Å². The van der Waals surface area contributed by atoms with Crippen LogP contribution >= 0.6 is 0 Å². The molecule has 0 aromatic heterocycles. The third kappa shape index (κ3) is 6.01. The summed E-state index contributed by atoms with van der Waals surface area (Å²) in [6.45, 7) is 2.07. The summed E-state index contributed by atoms with van der Waals surface area (Å²) in [7, 11) is -2.36. The van der Waals surface area contributed by atoms with E-state index in [2.05, 4.69) is 5.32 Å². The van der Waals surface area contributed by atoms with Crippen molar-refractivity contribution in [3.05, 3.63) is 126 Å². The Balaban J connectivity index is 1.72. The van der Waals surface area contributed by atoms with E-state index in [1.54, 1.807) is 61.7 Å². The van der Waals surface area contributed by atoms with Gasteiger partial charge in [-0.05, 0) is 53.9 Å². The van der Waals surface area contributed by atoms with Gasteiger partial charge in [-0.3, -0.25) is 9.10 Å². The molecule has 0 bridgehead atoms. The minimum atomic E-state index is -3.96. The van der Waals surface area contributed by atoms with Gasteiger partial charge in [0.2, 0.25) is 0 Å². The molecule has 0 spiro atoms. The molecule has 0 fully saturated rings. The molecule has 190 valence electrons. The average Bonchev–Trinajstić information content (AvgIpc) is 2.95. The lowest BCUT2D eigenvalue weighted by molar-refractivity contribution is 0.0936. The van der Waals surface area contributed by atoms with Crippen molar-refractivity contribution < 1.29 is 17.9 Å². The van der Waals surface area contributed by atoms with Crippen molar-refractivity contribution in [2.24, 2.45) is 0 Å². The van der Waals surface area contributed by atoms with Gasteiger partial charge in [-0.25, -0.2) is 8.42 Å². The molecule has 6 nitrogen and oxygen atoms in total. The number of methoxy groups -OCH3 is 1. The minimum absolute atomic E-state index is 0.0814. The quantitative estimate of drug-likeness (QED) is 0.283. The van der Waals surface area contributed by atoms with Gasteiger partial charge in [-0.2, -0.15) is 0 Å². The SMILES string of the molecule is CC[C@@H](NC(=O)c1ccccc1N(Cc1ccccc1)S(=O)(=O)c1ccccc1)c1ccc(OC)cc1. The number of carbonyl (C=O) groups excluding carboxylic acids is 1. The number of para-hydroxylation sites is 1. The summed E-state index contributed by atoms with van der Waals surface area (Å²) in [5.74, 6) is 0.387. The van der Waals surface area contributed by atoms with E-state index in [1.165, 1.54) is 4.31 Å². The topological polar surface area (TPSA) is 75.7 Å². The molecule has 1 N–H and O–H groups in total. The van der Waals surface area contributed by atoms with Crippen LogP contribution in [0.3, 0.4) is 0 Å². The summed E-state index contributed by atoms with van der Waals surface area (Å²) in [6.07, 6.45) is 0.663. The predicted molar refractivity (Wildman–Crippen MR) is 146 cm³/mol. The van der Waals surface area contributed by atoms with Gasteiger partial charge < -0.3 is 10.1 Å². The molecule has 0 saturated carbocycles. The van der Waals surface area contributed by atoms with E-state index in [0.717, 1.165) is 16.9 Å². The summed E-state index contributed by atoms with van der Waals surface area (Å²) in [5, 5.41) is 3.09. The van der Waals surface area contributed by atoms with Crippen molar-refractivity contribution in [3.8, 4) is 5.75 Å². The van der Waals surface area contributed by atoms with Crippen molar-refractivity contribution in [2.45, 2.75) is 30.8 Å². The largest absolute Gasteiger partial charge is 0.497 e. The Morgan fingerprint density at radius 2 is 1.43 bits per heavy atom. The number of nitrogens with one attached hydrogen (secondary N) is 1. The zero-order valence-electron chi connectivity index (χ0n) is 20.9. The lowest BCUT2D eigenvalue weighted by Gasteiger charge is -2.27. The van der Waals surface area contributed by atoms with Crippen molar-refractivity contribution >= 4 is 21.6 Å². The van der Waals surface area contributed by atoms with Gasteiger partial charge in [0, 0.05) is 0 Å². The van der Waals surface area contributed by atoms with Crippen LogP contribution < -0.4 is 14.4 Å². The van der Waals surface area contributed by atoms with Crippen molar-refractivity contribution in [3.63, 3.8) is 0 Å². The van der Waals surface area contributed by atoms with Crippen LogP contribution in [0.25, 0.3) is 0 Å². The maximum absolute atomic E-state index is 13.9. The third-order valence-corrected chi connectivity index (χ3v) is 7.92. The van der Waals surface area contributed by atoms with Crippen LogP contribution in [0.1, 0.15) is 40.9 Å². The van der Waals surface area contributed by atoms with E-state index >= 15 is 0 Å². The molecule has 0 aliphatic heterocycles. The highest BCUT2D eigenvalue weighted by atomic mass is 32.2. The second-order valence-electron chi connectivity index (χ2n) is 8.53. The van der Waals surface area contributed by atoms with Gasteiger partial charge >= 0.3 is 0 Å². The molecule has 0 aliphatic rings. The van der Waals surface area contributed by atoms with Crippen LogP contribution in [-0.2, 0) is 16.6 Å². The second-order valence-corrected chi connectivity index (χ2v) is 10.4. The summed E-state index contributed by atoms with van der Waals surface area (Å²) >= 11 is 0. The van der Waals surface area contributed by atoms with Gasteiger partial charge in [-0.1, -0.05) is 79.7 Å². The average molecular weight is 515 g/mol. The van der Waals surface area contributed by atoms with Gasteiger partial charge in [0.1, 0.15) is 5.75 Å². The van der Waals surface area contributed by atoms with E-state index in [9.17, 15) is 13.2 Å². The maximum atomic E-state index is 13.9. The van der Waals surface area contributed by atoms with Crippen LogP contribution in [0.4, 0.5) is 5.69 Å². The highest BCUT2D eigenvalue weighted by Crippen LogP contribution is 2.30. The summed E-state index contributed by atoms with van der Waals surface area (Å²) in [4.78, 5) is 13.8. The van der Waals surface area contributed by atoms with Crippen molar-refractivity contribution in [1.29, 1.82) is 0 Å². The number of nitrogens with zero attached hydrogens (tertiary/aromatic N) is 1. The predicted octanol–water partition coefficient (Wildman–Crippen LogP) is 5.97. The van der Waals surface area contributed by atoms with E-state index < -0.39 is 10.0 Å². The second kappa shape index (κ2) is 11.8. The third-order valence-electron chi connectivity index (χ3n) is 6.15. The van der Waals surface area contributed by atoms with Gasteiger partial charge in [-0.15, -0.1) is 0 Å². The molecule has 1 amide bonds. The molecule has 4 aromatic carbocycles. The van der Waals surface area contributed by atoms with Gasteiger partial charge in [0.05, 0.1) is 35.8 Å². The first kappa shape index (κ1) is 26.0. The molecule has 4 rings (SSSR count). The number of hydrogen-bond acceptors (Lipinski definition) is 4. The Morgan fingerprint density at radius 3 is 2.05 bits per heavy atom. The van der Waals surface area contributed by atoms with Crippen LogP contribution in [0.5, 0.6) is 5.75 Å². The number of sulfonamides is 1. The Hall–Kier alpha value is -4.10. The Kier molecular flexibility index (Phi) is 8.25. The molecular weight excluding hydrogens is 484 g/mol. The maximum Gasteiger partial charge on any atom is 0.264 e. The van der Waals surface area contributed by atoms with E-state index in [0.29, 0.717) is 12.1 Å². The number of hydrogen-bond donors (Lipinski definition) is 1. The molecule has 0 aliphatic carbocycles. The minimum Gasteiger partial charge on any atom is -0.497 e. The summed E-state index contributed by atoms with van der Waals surface area (Å²) in [5.41, 5.74) is 2.34. The number of rotatable bonds is 10. The fraction of sp³-hybridized carbons (Fsp3) is 0.167. The van der Waals surface area contributed by atoms with Crippen LogP contribution in [0, 0.1) is 0 Å². The normalized spacial score (nSPS) is 11.9. The summed E-state index contributed by atoms with van der Waals surface area (Å²) in [6, 6.07) is 31.7. The van der Waals surface area contributed by atoms with E-state index in [1.807, 2.05) is 61.5 Å². The highest BCUT2D eigenvalue weighted by Gasteiger charge is 2.29. The molecule has 0 saturated heterocycles. The first-order valence-corrected chi connectivity index (χ1v) is 13.5. The molecule has 0 unspecified atom stereocenters. The molecule has 0 heterocycles. The number of carbonyl (C=O) groups is 1. The molecule has 0 radical (unpaired) electrons. The van der Waals surface area contributed by atoms with Crippen LogP contribution in [-0.4, -0.2) is 21.4 Å². The smallest absolute Gasteiger partial charge is 0.264 e. The number of benzene rings is 4. The Bertz CT molecular complexity index is 1420. The van der Waals surface area contributed by atoms with Crippen molar-refractivity contribution in [1.82, 2.24) is 5.32 Å². The fourth-order valence-electron chi connectivity index (χ4n) is 4.15. The lowest BCUT2D eigenvalue weighted by atomic mass is 10.0. The number of amides is 1. The fourth-order valence-corrected chi connectivity index (χ4v) is 5.64. The molecule has 4 aromatic rings. The van der Waals surface area contributed by atoms with Crippen LogP contribution in [0.15, 0.2) is 114 Å². The van der Waals surface area contributed by atoms with E-state index in [4.69, 9.17) is 4.74 Å². The monoisotopic (exact) mass is 514 g/mol. The lowest BCUT2D eigenvalue weighted by Crippen LogP contribution is -2.34. The van der Waals surface area contributed by atoms with Crippen molar-refractivity contribution in [2.75, 3.05) is 11.4 Å². The standard InChI is InChI=1S/C30H30N2O4S/c1-3-28(24-18-20-25(36-2)21-19-24)31-30(33)27-16-10-11-17-29(27)32(22-23-12-6-4-7-13-23)37(34,35)26-14-8-5-9-15-26/h4-21,28H,3,22H2,1-2H3,(H,31,33)/t28-/m1/s1.